The van der Waals surface area contributed by atoms with E-state index in [1.165, 1.54) is 6.92 Å². The number of pyridine rings is 1. The molecular formula is C32H37ClF5N7O2. The first-order valence-corrected chi connectivity index (χ1v) is 16.5. The molecule has 0 radical (unpaired) electrons. The molecular weight excluding hydrogens is 645 g/mol. The van der Waals surface area contributed by atoms with Gasteiger partial charge in [0.2, 0.25) is 0 Å². The standard InChI is InChI=1S/C32H37ClF5N7O2/c1-3-5-18-13-45-19(6-8-40-18)14-46-28-22-27(25(35)21(24(28)33)26-23(32(36,37)38)16(2)10-20(39)41-26)42-30(43-29(22)45)47-15-31-7-4-9-44(31)12-17(34)11-31/h10,17-19,40H,3-9,11-15H2,1-2H3,(H2,39,41)/t17-,18-,19+,31+/m1/s1. The van der Waals surface area contributed by atoms with Gasteiger partial charge in [-0.1, -0.05) is 24.9 Å². The number of aromatic nitrogens is 3. The van der Waals surface area contributed by atoms with E-state index in [-0.39, 0.29) is 64.4 Å². The summed E-state index contributed by atoms with van der Waals surface area (Å²) in [4.78, 5) is 17.3. The first-order chi connectivity index (χ1) is 22.4. The Kier molecular flexibility index (Phi) is 8.27. The normalized spacial score (nSPS) is 26.1. The zero-order chi connectivity index (χ0) is 33.2. The molecule has 3 N–H and O–H groups in total. The van der Waals surface area contributed by atoms with Crippen molar-refractivity contribution >= 4 is 34.1 Å². The molecule has 254 valence electrons. The Morgan fingerprint density at radius 2 is 2.04 bits per heavy atom. The summed E-state index contributed by atoms with van der Waals surface area (Å²) in [7, 11) is 0. The molecule has 4 aliphatic rings. The number of rotatable bonds is 6. The Morgan fingerprint density at radius 3 is 2.81 bits per heavy atom. The van der Waals surface area contributed by atoms with Crippen molar-refractivity contribution < 1.29 is 31.4 Å². The quantitative estimate of drug-likeness (QED) is 0.300. The summed E-state index contributed by atoms with van der Waals surface area (Å²) >= 11 is 6.83. The highest BCUT2D eigenvalue weighted by Crippen LogP contribution is 2.51. The number of ether oxygens (including phenoxy) is 2. The maximum Gasteiger partial charge on any atom is 0.418 e. The Hall–Kier alpha value is -3.23. The molecule has 0 saturated carbocycles. The molecule has 6 heterocycles. The van der Waals surface area contributed by atoms with Crippen LogP contribution < -0.4 is 25.4 Å². The van der Waals surface area contributed by atoms with E-state index in [1.54, 1.807) is 0 Å². The molecule has 3 saturated heterocycles. The van der Waals surface area contributed by atoms with Crippen LogP contribution in [0.4, 0.5) is 33.6 Å². The number of nitrogens with two attached hydrogens (primary N) is 1. The van der Waals surface area contributed by atoms with Crippen LogP contribution in [0.5, 0.6) is 11.8 Å². The highest BCUT2D eigenvalue weighted by molar-refractivity contribution is 6.36. The molecule has 3 fully saturated rings. The maximum absolute atomic E-state index is 17.0. The molecule has 0 amide bonds. The number of aryl methyl sites for hydroxylation is 1. The van der Waals surface area contributed by atoms with Crippen molar-refractivity contribution in [2.75, 3.05) is 50.0 Å². The Labute approximate surface area is 274 Å². The number of alkyl halides is 4. The molecule has 0 bridgehead atoms. The molecule has 0 unspecified atom stereocenters. The highest BCUT2D eigenvalue weighted by Gasteiger charge is 2.49. The van der Waals surface area contributed by atoms with Gasteiger partial charge in [-0.25, -0.2) is 13.8 Å². The summed E-state index contributed by atoms with van der Waals surface area (Å²) in [6, 6.07) is 0.803. The summed E-state index contributed by atoms with van der Waals surface area (Å²) in [6.45, 7) is 5.81. The van der Waals surface area contributed by atoms with Crippen molar-refractivity contribution in [3.8, 4) is 23.0 Å². The van der Waals surface area contributed by atoms with Crippen LogP contribution in [0, 0.1) is 12.7 Å². The first-order valence-electron chi connectivity index (χ1n) is 16.1. The van der Waals surface area contributed by atoms with Gasteiger partial charge in [-0.15, -0.1) is 0 Å². The average molecular weight is 682 g/mol. The summed E-state index contributed by atoms with van der Waals surface area (Å²) in [6.07, 6.45) is -1.47. The second-order valence-corrected chi connectivity index (χ2v) is 13.6. The van der Waals surface area contributed by atoms with Crippen LogP contribution in [-0.4, -0.2) is 83.0 Å². The molecule has 1 aromatic carbocycles. The van der Waals surface area contributed by atoms with E-state index in [0.717, 1.165) is 38.3 Å². The minimum absolute atomic E-state index is 0.0284. The summed E-state index contributed by atoms with van der Waals surface area (Å²) in [5, 5.41) is 3.33. The van der Waals surface area contributed by atoms with Crippen molar-refractivity contribution in [2.24, 2.45) is 0 Å². The monoisotopic (exact) mass is 681 g/mol. The fourth-order valence-electron chi connectivity index (χ4n) is 7.95. The van der Waals surface area contributed by atoms with Gasteiger partial charge in [-0.05, 0) is 57.3 Å². The lowest BCUT2D eigenvalue weighted by Gasteiger charge is -2.32. The predicted molar refractivity (Wildman–Crippen MR) is 168 cm³/mol. The Bertz CT molecular complexity index is 1710. The predicted octanol–water partition coefficient (Wildman–Crippen LogP) is 6.08. The summed E-state index contributed by atoms with van der Waals surface area (Å²) in [5.74, 6) is -1.07. The lowest BCUT2D eigenvalue weighted by atomic mass is 9.95. The fraction of sp³-hybridized carbons (Fsp3) is 0.594. The van der Waals surface area contributed by atoms with Crippen molar-refractivity contribution in [1.29, 1.82) is 0 Å². The van der Waals surface area contributed by atoms with Crippen molar-refractivity contribution in [3.63, 3.8) is 0 Å². The molecule has 3 aromatic rings. The number of hydrogen-bond acceptors (Lipinski definition) is 9. The van der Waals surface area contributed by atoms with E-state index in [2.05, 4.69) is 27.1 Å². The largest absolute Gasteiger partial charge is 0.489 e. The van der Waals surface area contributed by atoms with Gasteiger partial charge in [0.15, 0.2) is 11.6 Å². The highest BCUT2D eigenvalue weighted by atomic mass is 35.5. The van der Waals surface area contributed by atoms with Crippen molar-refractivity contribution in [3.05, 3.63) is 28.0 Å². The first kappa shape index (κ1) is 32.3. The van der Waals surface area contributed by atoms with Gasteiger partial charge in [0.1, 0.15) is 36.5 Å². The van der Waals surface area contributed by atoms with Crippen molar-refractivity contribution in [2.45, 2.75) is 82.3 Å². The molecule has 47 heavy (non-hydrogen) atoms. The minimum Gasteiger partial charge on any atom is -0.489 e. The zero-order valence-corrected chi connectivity index (χ0v) is 26.9. The van der Waals surface area contributed by atoms with Crippen LogP contribution in [0.2, 0.25) is 5.02 Å². The van der Waals surface area contributed by atoms with Gasteiger partial charge in [0.05, 0.1) is 38.8 Å². The molecule has 15 heteroatoms. The number of halogens is 6. The van der Waals surface area contributed by atoms with Gasteiger partial charge in [-0.2, -0.15) is 23.1 Å². The summed E-state index contributed by atoms with van der Waals surface area (Å²) in [5.41, 5.74) is 2.28. The van der Waals surface area contributed by atoms with Gasteiger partial charge >= 0.3 is 12.2 Å². The number of anilines is 2. The van der Waals surface area contributed by atoms with Gasteiger partial charge in [0.25, 0.3) is 0 Å². The topological polar surface area (TPSA) is 102 Å². The molecule has 0 aliphatic carbocycles. The molecule has 7 rings (SSSR count). The van der Waals surface area contributed by atoms with Gasteiger partial charge in [0, 0.05) is 25.6 Å². The SMILES string of the molecule is CCC[C@@H]1CN2c3nc(OC[C@@]45CCCN4C[C@H](F)C5)nc4c(F)c(-c5nc(N)cc(C)c5C(F)(F)F)c(Cl)c(c34)OC[C@@H]2CCN1. The second-order valence-electron chi connectivity index (χ2n) is 13.2. The molecule has 0 spiro atoms. The van der Waals surface area contributed by atoms with Crippen LogP contribution >= 0.6 is 11.6 Å². The smallest absolute Gasteiger partial charge is 0.418 e. The van der Waals surface area contributed by atoms with Crippen LogP contribution in [-0.2, 0) is 6.18 Å². The third-order valence-corrected chi connectivity index (χ3v) is 10.4. The number of nitrogen functional groups attached to an aromatic ring is 1. The lowest BCUT2D eigenvalue weighted by molar-refractivity contribution is -0.137. The van der Waals surface area contributed by atoms with E-state index in [0.29, 0.717) is 38.3 Å². The second kappa shape index (κ2) is 12.0. The average Bonchev–Trinajstić information content (AvgIpc) is 3.37. The number of nitrogens with zero attached hydrogens (tertiary/aromatic N) is 5. The van der Waals surface area contributed by atoms with E-state index >= 15 is 4.39 Å². The number of benzene rings is 1. The summed E-state index contributed by atoms with van der Waals surface area (Å²) < 4.78 is 87.3. The lowest BCUT2D eigenvalue weighted by Crippen LogP contribution is -2.44. The Balaban J connectivity index is 1.44. The van der Waals surface area contributed by atoms with Gasteiger partial charge in [-0.3, -0.25) is 4.90 Å². The van der Waals surface area contributed by atoms with E-state index < -0.39 is 40.5 Å². The third kappa shape index (κ3) is 5.59. The van der Waals surface area contributed by atoms with E-state index in [4.69, 9.17) is 31.8 Å². The van der Waals surface area contributed by atoms with Crippen molar-refractivity contribution in [1.82, 2.24) is 25.2 Å². The fourth-order valence-corrected chi connectivity index (χ4v) is 8.27. The zero-order valence-electron chi connectivity index (χ0n) is 26.2. The van der Waals surface area contributed by atoms with Crippen LogP contribution in [0.25, 0.3) is 22.2 Å². The van der Waals surface area contributed by atoms with Crippen LogP contribution in [0.15, 0.2) is 6.07 Å². The molecule has 2 aromatic heterocycles. The number of fused-ring (bicyclic) bond motifs is 3. The molecule has 4 aliphatic heterocycles. The van der Waals surface area contributed by atoms with E-state index in [9.17, 15) is 17.6 Å². The minimum atomic E-state index is -4.90. The number of hydrogen-bond donors (Lipinski definition) is 2. The maximum atomic E-state index is 17.0. The third-order valence-electron chi connectivity index (χ3n) is 10.0. The number of nitrogens with one attached hydrogen (secondary N) is 1. The van der Waals surface area contributed by atoms with Gasteiger partial charge < -0.3 is 25.4 Å². The Morgan fingerprint density at radius 1 is 1.23 bits per heavy atom. The molecule has 9 nitrogen and oxygen atoms in total. The van der Waals surface area contributed by atoms with E-state index in [1.807, 2.05) is 4.90 Å². The van der Waals surface area contributed by atoms with Crippen LogP contribution in [0.3, 0.4) is 0 Å². The van der Waals surface area contributed by atoms with Crippen LogP contribution in [0.1, 0.15) is 56.6 Å². The molecule has 4 atom stereocenters.